The average Bonchev–Trinajstić information content (AvgIpc) is 2.48. The van der Waals surface area contributed by atoms with Gasteiger partial charge in [-0.3, -0.25) is 0 Å². The quantitative estimate of drug-likeness (QED) is 0.236. The summed E-state index contributed by atoms with van der Waals surface area (Å²) in [5.74, 6) is 0.787. The van der Waals surface area contributed by atoms with Crippen LogP contribution in [0.25, 0.3) is 0 Å². The molecule has 0 amide bonds. The Morgan fingerprint density at radius 2 is 1.25 bits per heavy atom. The van der Waals surface area contributed by atoms with Crippen LogP contribution in [0.15, 0.2) is 0 Å². The van der Waals surface area contributed by atoms with Gasteiger partial charge in [0.2, 0.25) is 0 Å². The van der Waals surface area contributed by atoms with Crippen molar-refractivity contribution in [2.75, 3.05) is 0 Å². The Bertz CT molecular complexity index is 229. The highest BCUT2D eigenvalue weighted by Gasteiger charge is 2.32. The highest BCUT2D eigenvalue weighted by Crippen LogP contribution is 2.43. The lowest BCUT2D eigenvalue weighted by Gasteiger charge is -2.35. The highest BCUT2D eigenvalue weighted by molar-refractivity contribution is 7.97. The molecule has 120 valence electrons. The third-order valence-corrected chi connectivity index (χ3v) is 7.23. The zero-order valence-corrected chi connectivity index (χ0v) is 16.1. The molecule has 0 aliphatic carbocycles. The van der Waals surface area contributed by atoms with Crippen LogP contribution in [0.5, 0.6) is 0 Å². The maximum Gasteiger partial charge on any atom is 0.0251 e. The Morgan fingerprint density at radius 3 is 1.65 bits per heavy atom. The number of hydrogen-bond donors (Lipinski definition) is 0. The molecule has 0 aromatic rings. The monoisotopic (exact) mass is 316 g/mol. The third-order valence-electron chi connectivity index (χ3n) is 4.89. The van der Waals surface area contributed by atoms with Crippen molar-refractivity contribution in [1.82, 2.24) is 0 Å². The minimum absolute atomic E-state index is 0.435. The first-order chi connectivity index (χ1) is 9.66. The van der Waals surface area contributed by atoms with Gasteiger partial charge < -0.3 is 0 Å². The van der Waals surface area contributed by atoms with E-state index < -0.39 is 0 Å². The van der Waals surface area contributed by atoms with E-state index in [-0.39, 0.29) is 0 Å². The second-order valence-electron chi connectivity index (χ2n) is 6.48. The van der Waals surface area contributed by atoms with Crippen molar-refractivity contribution < 1.29 is 0 Å². The molecule has 0 aliphatic heterocycles. The van der Waals surface area contributed by atoms with Crippen LogP contribution in [0.3, 0.4) is 0 Å². The number of rotatable bonds is 14. The summed E-state index contributed by atoms with van der Waals surface area (Å²) in [7, 11) is 1.23. The minimum Gasteiger partial charge on any atom is -0.0654 e. The summed E-state index contributed by atoms with van der Waals surface area (Å²) >= 11 is 5.58. The van der Waals surface area contributed by atoms with Crippen molar-refractivity contribution in [3.05, 3.63) is 0 Å². The van der Waals surface area contributed by atoms with E-state index in [4.69, 9.17) is 11.8 Å². The van der Waals surface area contributed by atoms with Crippen LogP contribution in [-0.4, -0.2) is 5.16 Å². The third kappa shape index (κ3) is 8.08. The Hall–Kier alpha value is 0.520. The van der Waals surface area contributed by atoms with Crippen molar-refractivity contribution in [2.24, 2.45) is 5.92 Å². The summed E-state index contributed by atoms with van der Waals surface area (Å²) in [5.41, 5.74) is 0. The minimum atomic E-state index is 0.435. The summed E-state index contributed by atoms with van der Waals surface area (Å²) in [6, 6.07) is 0. The predicted octanol–water partition coefficient (Wildman–Crippen LogP) is 7.51. The van der Waals surface area contributed by atoms with Crippen LogP contribution >= 0.6 is 7.36 Å². The first-order valence-corrected chi connectivity index (χ1v) is 10.9. The summed E-state index contributed by atoms with van der Waals surface area (Å²) in [6.07, 6.45) is 16.5. The molecular weight excluding hydrogens is 279 g/mol. The molecule has 0 N–H and O–H groups in total. The van der Waals surface area contributed by atoms with Gasteiger partial charge in [-0.05, 0) is 26.1 Å². The van der Waals surface area contributed by atoms with Gasteiger partial charge in [0.15, 0.2) is 0 Å². The highest BCUT2D eigenvalue weighted by atomic mass is 32.4. The summed E-state index contributed by atoms with van der Waals surface area (Å²) < 4.78 is 0. The topological polar surface area (TPSA) is 0 Å². The van der Waals surface area contributed by atoms with Crippen molar-refractivity contribution in [3.63, 3.8) is 0 Å². The molecule has 0 bridgehead atoms. The molecule has 0 rings (SSSR count). The largest absolute Gasteiger partial charge is 0.0654 e. The fraction of sp³-hybridized carbons (Fsp3) is 1.00. The van der Waals surface area contributed by atoms with E-state index in [1.54, 1.807) is 0 Å². The molecule has 0 radical (unpaired) electrons. The first kappa shape index (κ1) is 20.5. The van der Waals surface area contributed by atoms with Crippen LogP contribution in [0, 0.1) is 5.92 Å². The van der Waals surface area contributed by atoms with E-state index in [9.17, 15) is 0 Å². The van der Waals surface area contributed by atoms with Gasteiger partial charge in [0.05, 0.1) is 0 Å². The molecule has 0 fully saturated rings. The predicted molar refractivity (Wildman–Crippen MR) is 98.6 cm³/mol. The molecular formula is C18H37PS. The van der Waals surface area contributed by atoms with E-state index in [1.165, 1.54) is 84.4 Å². The van der Waals surface area contributed by atoms with Crippen molar-refractivity contribution in [3.8, 4) is 0 Å². The molecule has 2 atom stereocenters. The standard InChI is InChI=1S/C18H37PS/c1-5-8-10-12-14-16-18(19-20,17(4)7-3)15-13-11-9-6-2/h17H,5-16H2,1-4H3. The van der Waals surface area contributed by atoms with Gasteiger partial charge in [0, 0.05) is 5.16 Å². The molecule has 0 saturated carbocycles. The Kier molecular flexibility index (Phi) is 13.5. The average molecular weight is 317 g/mol. The maximum absolute atomic E-state index is 5.58. The SMILES string of the molecule is CCCCCCCC(CCCCCC)(P=S)C(C)CC. The molecule has 2 heteroatoms. The zero-order chi connectivity index (χ0) is 15.3. The number of unbranched alkanes of at least 4 members (excludes halogenated alkanes) is 7. The van der Waals surface area contributed by atoms with Crippen LogP contribution in [0.2, 0.25) is 0 Å². The van der Waals surface area contributed by atoms with Gasteiger partial charge in [0.1, 0.15) is 0 Å². The molecule has 0 saturated heterocycles. The molecule has 20 heavy (non-hydrogen) atoms. The van der Waals surface area contributed by atoms with Crippen molar-refractivity contribution in [1.29, 1.82) is 0 Å². The Morgan fingerprint density at radius 1 is 0.800 bits per heavy atom. The van der Waals surface area contributed by atoms with Gasteiger partial charge >= 0.3 is 0 Å². The van der Waals surface area contributed by atoms with E-state index in [1.807, 2.05) is 0 Å². The van der Waals surface area contributed by atoms with Gasteiger partial charge in [0.25, 0.3) is 0 Å². The second kappa shape index (κ2) is 13.2. The van der Waals surface area contributed by atoms with Crippen LogP contribution in [0.4, 0.5) is 0 Å². The van der Waals surface area contributed by atoms with E-state index in [0.29, 0.717) is 5.16 Å². The fourth-order valence-electron chi connectivity index (χ4n) is 3.07. The first-order valence-electron chi connectivity index (χ1n) is 9.01. The molecule has 0 heterocycles. The summed E-state index contributed by atoms with van der Waals surface area (Å²) in [6.45, 7) is 9.36. The molecule has 0 aromatic heterocycles. The fourth-order valence-corrected chi connectivity index (χ4v) is 5.02. The molecule has 0 aromatic carbocycles. The van der Waals surface area contributed by atoms with Crippen LogP contribution < -0.4 is 0 Å². The van der Waals surface area contributed by atoms with Gasteiger partial charge in [-0.25, -0.2) is 0 Å². The zero-order valence-electron chi connectivity index (χ0n) is 14.4. The lowest BCUT2D eigenvalue weighted by Crippen LogP contribution is -2.30. The number of hydrogen-bond acceptors (Lipinski definition) is 1. The molecule has 0 spiro atoms. The van der Waals surface area contributed by atoms with Gasteiger partial charge in [-0.15, -0.1) is 0 Å². The lowest BCUT2D eigenvalue weighted by atomic mass is 9.82. The van der Waals surface area contributed by atoms with E-state index in [0.717, 1.165) is 5.92 Å². The smallest absolute Gasteiger partial charge is 0.0251 e. The summed E-state index contributed by atoms with van der Waals surface area (Å²) in [4.78, 5) is 0. The molecule has 0 aliphatic rings. The summed E-state index contributed by atoms with van der Waals surface area (Å²) in [5, 5.41) is 0.435. The lowest BCUT2D eigenvalue weighted by molar-refractivity contribution is 0.327. The van der Waals surface area contributed by atoms with Gasteiger partial charge in [-0.2, -0.15) is 0 Å². The van der Waals surface area contributed by atoms with Gasteiger partial charge in [-0.1, -0.05) is 104 Å². The Labute approximate surface area is 135 Å². The van der Waals surface area contributed by atoms with Crippen molar-refractivity contribution >= 4 is 19.2 Å². The second-order valence-corrected chi connectivity index (χ2v) is 8.10. The molecule has 2 unspecified atom stereocenters. The maximum atomic E-state index is 5.58. The van der Waals surface area contributed by atoms with E-state index >= 15 is 0 Å². The molecule has 0 nitrogen and oxygen atoms in total. The van der Waals surface area contributed by atoms with Crippen LogP contribution in [-0.2, 0) is 11.8 Å². The normalized spacial score (nSPS) is 16.2. The van der Waals surface area contributed by atoms with Crippen molar-refractivity contribution in [2.45, 2.75) is 110 Å². The van der Waals surface area contributed by atoms with E-state index in [2.05, 4.69) is 27.7 Å². The van der Waals surface area contributed by atoms with Crippen LogP contribution in [0.1, 0.15) is 105 Å². The Balaban J connectivity index is 4.32.